The van der Waals surface area contributed by atoms with Crippen molar-refractivity contribution in [3.05, 3.63) is 71.1 Å². The van der Waals surface area contributed by atoms with Gasteiger partial charge >= 0.3 is 0 Å². The molecular weight excluding hydrogens is 448 g/mol. The third-order valence-electron chi connectivity index (χ3n) is 5.21. The third kappa shape index (κ3) is 5.00. The zero-order valence-corrected chi connectivity index (χ0v) is 18.0. The van der Waals surface area contributed by atoms with Gasteiger partial charge in [0.1, 0.15) is 11.6 Å². The van der Waals surface area contributed by atoms with Crippen LogP contribution in [-0.4, -0.2) is 46.1 Å². The Morgan fingerprint density at radius 3 is 2.50 bits per heavy atom. The van der Waals surface area contributed by atoms with Crippen molar-refractivity contribution in [2.75, 3.05) is 24.3 Å². The molecule has 1 atom stereocenters. The fraction of sp³-hybridized carbons (Fsp3) is 0.217. The summed E-state index contributed by atoms with van der Waals surface area (Å²) >= 11 is 0. The van der Waals surface area contributed by atoms with Gasteiger partial charge in [0, 0.05) is 17.3 Å². The van der Waals surface area contributed by atoms with Gasteiger partial charge in [-0.1, -0.05) is 6.07 Å². The Bertz CT molecular complexity index is 1250. The van der Waals surface area contributed by atoms with Crippen molar-refractivity contribution in [2.24, 2.45) is 0 Å². The average molecular weight is 469 g/mol. The van der Waals surface area contributed by atoms with E-state index in [1.165, 1.54) is 6.20 Å². The smallest absolute Gasteiger partial charge is 0.274 e. The van der Waals surface area contributed by atoms with Gasteiger partial charge in [-0.05, 0) is 42.3 Å². The molecule has 0 unspecified atom stereocenters. The van der Waals surface area contributed by atoms with E-state index in [9.17, 15) is 23.5 Å². The van der Waals surface area contributed by atoms with E-state index in [4.69, 9.17) is 10.5 Å². The van der Waals surface area contributed by atoms with Crippen LogP contribution in [0.25, 0.3) is 11.3 Å². The van der Waals surface area contributed by atoms with Gasteiger partial charge in [-0.25, -0.2) is 18.7 Å². The van der Waals surface area contributed by atoms with Gasteiger partial charge in [0.2, 0.25) is 0 Å². The second kappa shape index (κ2) is 9.49. The van der Waals surface area contributed by atoms with Crippen LogP contribution in [0, 0.1) is 18.6 Å². The van der Waals surface area contributed by atoms with Gasteiger partial charge in [0.15, 0.2) is 17.6 Å². The lowest BCUT2D eigenvalue weighted by Crippen LogP contribution is -2.48. The standard InChI is InChI=1S/C23H21F2N5O4/c1-11-4-15(28-23(33)20(31)12-5-13(24)7-14(25)6-12)2-3-17(11)18-8-27-21(26)19(30-18)22(32)29-16-9-34-10-16/h2-8,16,20,31H,9-10H2,1H3,(H2,26,27)(H,28,33)(H,29,32)/t20-/m0/s1. The highest BCUT2D eigenvalue weighted by Gasteiger charge is 2.24. The van der Waals surface area contributed by atoms with Gasteiger partial charge in [-0.15, -0.1) is 0 Å². The Hall–Kier alpha value is -3.96. The number of amides is 2. The van der Waals surface area contributed by atoms with Gasteiger partial charge in [0.05, 0.1) is 31.1 Å². The number of nitrogens with zero attached hydrogens (tertiary/aromatic N) is 2. The van der Waals surface area contributed by atoms with Crippen molar-refractivity contribution in [1.29, 1.82) is 0 Å². The number of hydrogen-bond donors (Lipinski definition) is 4. The Labute approximate surface area is 193 Å². The molecule has 1 aliphatic heterocycles. The van der Waals surface area contributed by atoms with Crippen LogP contribution in [0.4, 0.5) is 20.3 Å². The number of aliphatic hydroxyl groups excluding tert-OH is 1. The van der Waals surface area contributed by atoms with Crippen LogP contribution in [0.5, 0.6) is 0 Å². The van der Waals surface area contributed by atoms with Crippen LogP contribution in [0.3, 0.4) is 0 Å². The number of benzene rings is 2. The Kier molecular flexibility index (Phi) is 6.48. The average Bonchev–Trinajstić information content (AvgIpc) is 2.75. The Morgan fingerprint density at radius 2 is 1.88 bits per heavy atom. The van der Waals surface area contributed by atoms with Gasteiger partial charge in [-0.3, -0.25) is 9.59 Å². The topological polar surface area (TPSA) is 139 Å². The van der Waals surface area contributed by atoms with E-state index in [0.29, 0.717) is 41.8 Å². The van der Waals surface area contributed by atoms with Gasteiger partial charge in [-0.2, -0.15) is 0 Å². The summed E-state index contributed by atoms with van der Waals surface area (Å²) in [6.07, 6.45) is -0.336. The molecule has 9 nitrogen and oxygen atoms in total. The second-order valence-electron chi connectivity index (χ2n) is 7.82. The number of nitrogens with one attached hydrogen (secondary N) is 2. The van der Waals surface area contributed by atoms with E-state index in [-0.39, 0.29) is 23.1 Å². The first kappa shape index (κ1) is 23.2. The molecule has 2 heterocycles. The van der Waals surface area contributed by atoms with Crippen molar-refractivity contribution >= 4 is 23.3 Å². The van der Waals surface area contributed by atoms with Gasteiger partial charge < -0.3 is 26.2 Å². The van der Waals surface area contributed by atoms with E-state index >= 15 is 0 Å². The highest BCUT2D eigenvalue weighted by atomic mass is 19.1. The molecule has 4 rings (SSSR count). The molecule has 0 bridgehead atoms. The number of carbonyl (C=O) groups is 2. The first-order valence-corrected chi connectivity index (χ1v) is 10.3. The third-order valence-corrected chi connectivity index (χ3v) is 5.21. The van der Waals surface area contributed by atoms with E-state index in [2.05, 4.69) is 20.6 Å². The minimum Gasteiger partial charge on any atom is -0.382 e. The molecule has 2 amide bonds. The van der Waals surface area contributed by atoms with Crippen LogP contribution in [-0.2, 0) is 9.53 Å². The number of halogens is 2. The van der Waals surface area contributed by atoms with E-state index in [0.717, 1.165) is 12.1 Å². The Balaban J connectivity index is 1.51. The van der Waals surface area contributed by atoms with Crippen molar-refractivity contribution in [3.63, 3.8) is 0 Å². The fourth-order valence-electron chi connectivity index (χ4n) is 3.39. The number of aromatic nitrogens is 2. The number of hydrogen-bond acceptors (Lipinski definition) is 7. The molecule has 176 valence electrons. The number of aryl methyl sites for hydroxylation is 1. The quantitative estimate of drug-likeness (QED) is 0.434. The molecule has 3 aromatic rings. The number of aliphatic hydroxyl groups is 1. The van der Waals surface area contributed by atoms with Crippen LogP contribution in [0.1, 0.15) is 27.7 Å². The monoisotopic (exact) mass is 469 g/mol. The van der Waals surface area contributed by atoms with Crippen molar-refractivity contribution < 1.29 is 28.2 Å². The summed E-state index contributed by atoms with van der Waals surface area (Å²) in [4.78, 5) is 33.3. The second-order valence-corrected chi connectivity index (χ2v) is 7.82. The number of nitrogen functional groups attached to an aromatic ring is 1. The molecule has 0 radical (unpaired) electrons. The minimum absolute atomic E-state index is 0.00775. The molecule has 1 saturated heterocycles. The molecule has 11 heteroatoms. The summed E-state index contributed by atoms with van der Waals surface area (Å²) in [6, 6.07) is 7.15. The molecule has 5 N–H and O–H groups in total. The molecule has 34 heavy (non-hydrogen) atoms. The number of ether oxygens (including phenoxy) is 1. The number of anilines is 2. The van der Waals surface area contributed by atoms with Gasteiger partial charge in [0.25, 0.3) is 11.8 Å². The first-order chi connectivity index (χ1) is 16.2. The molecule has 0 saturated carbocycles. The summed E-state index contributed by atoms with van der Waals surface area (Å²) in [5.41, 5.74) is 7.68. The molecule has 0 aliphatic carbocycles. The van der Waals surface area contributed by atoms with E-state index in [1.54, 1.807) is 25.1 Å². The lowest BCUT2D eigenvalue weighted by atomic mass is 10.0. The highest BCUT2D eigenvalue weighted by Crippen LogP contribution is 2.26. The molecule has 1 fully saturated rings. The van der Waals surface area contributed by atoms with Crippen LogP contribution < -0.4 is 16.4 Å². The number of rotatable bonds is 6. The van der Waals surface area contributed by atoms with Crippen LogP contribution >= 0.6 is 0 Å². The summed E-state index contributed by atoms with van der Waals surface area (Å²) < 4.78 is 31.8. The minimum atomic E-state index is -1.77. The molecular formula is C23H21F2N5O4. The van der Waals surface area contributed by atoms with Crippen molar-refractivity contribution in [3.8, 4) is 11.3 Å². The predicted molar refractivity (Wildman–Crippen MR) is 119 cm³/mol. The maximum atomic E-state index is 13.4. The summed E-state index contributed by atoms with van der Waals surface area (Å²) in [6.45, 7) is 2.61. The normalized spacial score (nSPS) is 14.2. The maximum absolute atomic E-state index is 13.4. The predicted octanol–water partition coefficient (Wildman–Crippen LogP) is 2.11. The zero-order valence-electron chi connectivity index (χ0n) is 18.0. The molecule has 2 aromatic carbocycles. The Morgan fingerprint density at radius 1 is 1.18 bits per heavy atom. The maximum Gasteiger partial charge on any atom is 0.274 e. The fourth-order valence-corrected chi connectivity index (χ4v) is 3.39. The SMILES string of the molecule is Cc1cc(NC(=O)[C@@H](O)c2cc(F)cc(F)c2)ccc1-c1cnc(N)c(C(=O)NC2COC2)n1. The molecule has 1 aromatic heterocycles. The van der Waals surface area contributed by atoms with Crippen LogP contribution in [0.15, 0.2) is 42.6 Å². The highest BCUT2D eigenvalue weighted by molar-refractivity contribution is 5.97. The van der Waals surface area contributed by atoms with E-state index in [1.807, 2.05) is 0 Å². The number of nitrogens with two attached hydrogens (primary N) is 1. The molecule has 0 spiro atoms. The lowest BCUT2D eigenvalue weighted by Gasteiger charge is -2.26. The largest absolute Gasteiger partial charge is 0.382 e. The number of carbonyl (C=O) groups excluding carboxylic acids is 2. The zero-order chi connectivity index (χ0) is 24.4. The molecule has 1 aliphatic rings. The van der Waals surface area contributed by atoms with Crippen molar-refractivity contribution in [1.82, 2.24) is 15.3 Å². The summed E-state index contributed by atoms with van der Waals surface area (Å²) in [5.74, 6) is -3.12. The first-order valence-electron chi connectivity index (χ1n) is 10.3. The van der Waals surface area contributed by atoms with Crippen molar-refractivity contribution in [2.45, 2.75) is 19.1 Å². The van der Waals surface area contributed by atoms with Crippen LogP contribution in [0.2, 0.25) is 0 Å². The summed E-state index contributed by atoms with van der Waals surface area (Å²) in [7, 11) is 0. The lowest BCUT2D eigenvalue weighted by molar-refractivity contribution is -0.124. The summed E-state index contributed by atoms with van der Waals surface area (Å²) in [5, 5.41) is 15.4. The van der Waals surface area contributed by atoms with E-state index < -0.39 is 29.6 Å².